The molecule has 1 fully saturated rings. The summed E-state index contributed by atoms with van der Waals surface area (Å²) in [5.41, 5.74) is 3.77. The van der Waals surface area contributed by atoms with E-state index < -0.39 is 28.0 Å². The van der Waals surface area contributed by atoms with E-state index in [2.05, 4.69) is 16.0 Å². The second-order valence-electron chi connectivity index (χ2n) is 8.53. The molecule has 3 aromatic carbocycles. The lowest BCUT2D eigenvalue weighted by Crippen LogP contribution is -2.18. The average molecular weight is 586 g/mol. The van der Waals surface area contributed by atoms with E-state index in [9.17, 15) is 9.59 Å². The predicted octanol–water partition coefficient (Wildman–Crippen LogP) is 8.17. The van der Waals surface area contributed by atoms with Gasteiger partial charge in [-0.2, -0.15) is 0 Å². The van der Waals surface area contributed by atoms with Gasteiger partial charge in [0.05, 0.1) is 16.5 Å². The Morgan fingerprint density at radius 2 is 1.56 bits per heavy atom. The van der Waals surface area contributed by atoms with E-state index in [1.807, 2.05) is 32.0 Å². The van der Waals surface area contributed by atoms with Crippen LogP contribution in [-0.4, -0.2) is 22.7 Å². The first-order valence-corrected chi connectivity index (χ1v) is 13.0. The van der Waals surface area contributed by atoms with E-state index in [1.54, 1.807) is 30.3 Å². The number of hydrogen-bond donors (Lipinski definition) is 3. The van der Waals surface area contributed by atoms with Gasteiger partial charge in [0.15, 0.2) is 0 Å². The molecule has 0 saturated heterocycles. The molecule has 1 aliphatic carbocycles. The van der Waals surface area contributed by atoms with Crippen molar-refractivity contribution >= 4 is 86.9 Å². The van der Waals surface area contributed by atoms with Crippen LogP contribution in [0.4, 0.5) is 17.1 Å². The van der Waals surface area contributed by atoms with Gasteiger partial charge in [0, 0.05) is 39.6 Å². The Labute approximate surface area is 234 Å². The van der Waals surface area contributed by atoms with Crippen LogP contribution in [0, 0.1) is 12.8 Å². The molecule has 1 aliphatic rings. The van der Waals surface area contributed by atoms with Crippen LogP contribution in [0.3, 0.4) is 0 Å². The number of halogens is 5. The summed E-state index contributed by atoms with van der Waals surface area (Å²) in [7, 11) is 0. The number of carbonyl (C=O) groups excluding carboxylic acids is 2. The molecule has 10 heteroatoms. The van der Waals surface area contributed by atoms with Crippen molar-refractivity contribution in [3.8, 4) is 0 Å². The van der Waals surface area contributed by atoms with Crippen LogP contribution < -0.4 is 16.0 Å². The number of aryl methyl sites for hydroxylation is 1. The van der Waals surface area contributed by atoms with Gasteiger partial charge in [-0.25, -0.2) is 0 Å². The van der Waals surface area contributed by atoms with Crippen LogP contribution in [0.25, 0.3) is 0 Å². The SMILES string of the molecule is CCNc1ccc(NC(=O)c2cc(NC(=O)C3C(c4cc(Cl)cc(Cl)c4)C3(Cl)Cl)ccc2Cl)c(C)c1. The quantitative estimate of drug-likeness (QED) is 0.245. The standard InChI is InChI=1S/C26H22Cl5N3O2/c1-3-32-17-5-7-21(13(2)8-17)34-24(35)19-12-18(4-6-20(19)29)33-25(36)23-22(26(23,30)31)14-9-15(27)11-16(28)10-14/h4-12,22-23,32H,3H2,1-2H3,(H,33,36)(H,34,35). The van der Waals surface area contributed by atoms with Crippen LogP contribution in [0.1, 0.15) is 34.3 Å². The monoisotopic (exact) mass is 583 g/mol. The van der Waals surface area contributed by atoms with E-state index in [1.165, 1.54) is 6.07 Å². The lowest BCUT2D eigenvalue weighted by atomic mass is 10.1. The third kappa shape index (κ3) is 5.71. The van der Waals surface area contributed by atoms with E-state index in [0.717, 1.165) is 17.8 Å². The Bertz CT molecular complexity index is 1320. The Morgan fingerprint density at radius 1 is 0.889 bits per heavy atom. The molecule has 0 heterocycles. The highest BCUT2D eigenvalue weighted by molar-refractivity contribution is 6.53. The van der Waals surface area contributed by atoms with Crippen molar-refractivity contribution in [1.29, 1.82) is 0 Å². The molecule has 36 heavy (non-hydrogen) atoms. The molecule has 2 unspecified atom stereocenters. The van der Waals surface area contributed by atoms with Gasteiger partial charge in [-0.1, -0.05) is 34.8 Å². The molecule has 3 aromatic rings. The number of alkyl halides is 2. The fourth-order valence-corrected chi connectivity index (χ4v) is 5.70. The average Bonchev–Trinajstić information content (AvgIpc) is 3.38. The summed E-state index contributed by atoms with van der Waals surface area (Å²) >= 11 is 31.4. The summed E-state index contributed by atoms with van der Waals surface area (Å²) in [5, 5.41) is 9.98. The number of rotatable bonds is 7. The zero-order valence-corrected chi connectivity index (χ0v) is 23.0. The second-order valence-corrected chi connectivity index (χ2v) is 11.3. The summed E-state index contributed by atoms with van der Waals surface area (Å²) in [6.07, 6.45) is 0. The van der Waals surface area contributed by atoms with Crippen molar-refractivity contribution in [3.63, 3.8) is 0 Å². The lowest BCUT2D eigenvalue weighted by molar-refractivity contribution is -0.117. The van der Waals surface area contributed by atoms with Crippen molar-refractivity contribution in [1.82, 2.24) is 0 Å². The number of benzene rings is 3. The largest absolute Gasteiger partial charge is 0.385 e. The highest BCUT2D eigenvalue weighted by Gasteiger charge is 2.67. The molecule has 4 rings (SSSR count). The molecule has 0 bridgehead atoms. The summed E-state index contributed by atoms with van der Waals surface area (Å²) in [6, 6.07) is 15.3. The molecule has 0 spiro atoms. The maximum atomic E-state index is 13.0. The molecular formula is C26H22Cl5N3O2. The summed E-state index contributed by atoms with van der Waals surface area (Å²) in [5.74, 6) is -2.02. The van der Waals surface area contributed by atoms with E-state index >= 15 is 0 Å². The zero-order valence-electron chi connectivity index (χ0n) is 19.3. The summed E-state index contributed by atoms with van der Waals surface area (Å²) in [4.78, 5) is 26.0. The van der Waals surface area contributed by atoms with Crippen molar-refractivity contribution < 1.29 is 9.59 Å². The topological polar surface area (TPSA) is 70.2 Å². The van der Waals surface area contributed by atoms with Crippen molar-refractivity contribution in [3.05, 3.63) is 86.4 Å². The minimum Gasteiger partial charge on any atom is -0.385 e. The van der Waals surface area contributed by atoms with E-state index in [0.29, 0.717) is 27.0 Å². The number of amides is 2. The number of carbonyl (C=O) groups is 2. The Hall–Kier alpha value is -2.15. The third-order valence-electron chi connectivity index (χ3n) is 5.91. The second kappa shape index (κ2) is 10.7. The molecule has 2 amide bonds. The number of anilines is 3. The van der Waals surface area contributed by atoms with Crippen LogP contribution >= 0.6 is 58.0 Å². The lowest BCUT2D eigenvalue weighted by Gasteiger charge is -2.13. The van der Waals surface area contributed by atoms with Gasteiger partial charge in [0.1, 0.15) is 4.33 Å². The molecule has 5 nitrogen and oxygen atoms in total. The number of hydrogen-bond acceptors (Lipinski definition) is 3. The first kappa shape index (κ1) is 26.9. The maximum Gasteiger partial charge on any atom is 0.257 e. The Morgan fingerprint density at radius 3 is 2.19 bits per heavy atom. The summed E-state index contributed by atoms with van der Waals surface area (Å²) < 4.78 is -1.32. The molecular weight excluding hydrogens is 564 g/mol. The minimum absolute atomic E-state index is 0.210. The van der Waals surface area contributed by atoms with Crippen molar-refractivity contribution in [2.24, 2.45) is 5.92 Å². The zero-order chi connectivity index (χ0) is 26.2. The van der Waals surface area contributed by atoms with Gasteiger partial charge < -0.3 is 16.0 Å². The first-order chi connectivity index (χ1) is 17.0. The molecule has 188 valence electrons. The number of nitrogens with one attached hydrogen (secondary N) is 3. The van der Waals surface area contributed by atoms with Gasteiger partial charge in [0.2, 0.25) is 5.91 Å². The fourth-order valence-electron chi connectivity index (χ4n) is 4.13. The van der Waals surface area contributed by atoms with Crippen LogP contribution in [-0.2, 0) is 4.79 Å². The smallest absolute Gasteiger partial charge is 0.257 e. The van der Waals surface area contributed by atoms with Gasteiger partial charge >= 0.3 is 0 Å². The molecule has 0 aromatic heterocycles. The molecule has 1 saturated carbocycles. The molecule has 0 aliphatic heterocycles. The van der Waals surface area contributed by atoms with Gasteiger partial charge in [-0.05, 0) is 79.6 Å². The van der Waals surface area contributed by atoms with Gasteiger partial charge in [-0.15, -0.1) is 23.2 Å². The molecule has 3 N–H and O–H groups in total. The Kier molecular flexibility index (Phi) is 7.98. The van der Waals surface area contributed by atoms with Gasteiger partial charge in [0.25, 0.3) is 5.91 Å². The van der Waals surface area contributed by atoms with Crippen LogP contribution in [0.5, 0.6) is 0 Å². The highest BCUT2D eigenvalue weighted by Crippen LogP contribution is 2.65. The van der Waals surface area contributed by atoms with Crippen LogP contribution in [0.2, 0.25) is 15.1 Å². The van der Waals surface area contributed by atoms with Crippen molar-refractivity contribution in [2.45, 2.75) is 24.1 Å². The fraction of sp³-hybridized carbons (Fsp3) is 0.231. The predicted molar refractivity (Wildman–Crippen MR) is 151 cm³/mol. The molecule has 0 radical (unpaired) electrons. The van der Waals surface area contributed by atoms with Crippen LogP contribution in [0.15, 0.2) is 54.6 Å². The maximum absolute atomic E-state index is 13.0. The molecule has 2 atom stereocenters. The van der Waals surface area contributed by atoms with Gasteiger partial charge in [-0.3, -0.25) is 9.59 Å². The Balaban J connectivity index is 1.49. The minimum atomic E-state index is -1.32. The van der Waals surface area contributed by atoms with E-state index in [4.69, 9.17) is 58.0 Å². The third-order valence-corrected chi connectivity index (χ3v) is 7.62. The summed E-state index contributed by atoms with van der Waals surface area (Å²) in [6.45, 7) is 4.70. The van der Waals surface area contributed by atoms with E-state index in [-0.39, 0.29) is 10.6 Å². The normalized spacial score (nSPS) is 17.9. The highest BCUT2D eigenvalue weighted by atomic mass is 35.5. The first-order valence-electron chi connectivity index (χ1n) is 11.1. The van der Waals surface area contributed by atoms with Crippen molar-refractivity contribution in [2.75, 3.05) is 22.5 Å².